The van der Waals surface area contributed by atoms with Crippen LogP contribution in [0.1, 0.15) is 84.2 Å². The van der Waals surface area contributed by atoms with Crippen molar-refractivity contribution in [2.45, 2.75) is 90.8 Å². The van der Waals surface area contributed by atoms with Crippen molar-refractivity contribution in [2.24, 2.45) is 5.92 Å². The van der Waals surface area contributed by atoms with Crippen LogP contribution >= 0.6 is 12.2 Å². The van der Waals surface area contributed by atoms with E-state index in [1.165, 1.54) is 56.1 Å². The van der Waals surface area contributed by atoms with Crippen molar-refractivity contribution in [3.63, 3.8) is 0 Å². The van der Waals surface area contributed by atoms with Crippen molar-refractivity contribution in [2.75, 3.05) is 13.1 Å². The number of benzene rings is 1. The molecule has 0 bridgehead atoms. The van der Waals surface area contributed by atoms with Gasteiger partial charge in [-0.05, 0) is 67.9 Å². The molecule has 1 saturated carbocycles. The van der Waals surface area contributed by atoms with Gasteiger partial charge in [0.2, 0.25) is 0 Å². The van der Waals surface area contributed by atoms with Gasteiger partial charge >= 0.3 is 0 Å². The van der Waals surface area contributed by atoms with E-state index in [0.717, 1.165) is 30.4 Å². The topological polar surface area (TPSA) is 26.0 Å². The lowest BCUT2D eigenvalue weighted by molar-refractivity contribution is 0.171. The van der Waals surface area contributed by atoms with Gasteiger partial charge in [-0.2, -0.15) is 5.10 Å². The minimum absolute atomic E-state index is 0.156. The fourth-order valence-electron chi connectivity index (χ4n) is 5.10. The summed E-state index contributed by atoms with van der Waals surface area (Å²) in [5.41, 5.74) is 2.70. The zero-order chi connectivity index (χ0) is 21.3. The van der Waals surface area contributed by atoms with Crippen LogP contribution in [0.15, 0.2) is 24.3 Å². The zero-order valence-corrected chi connectivity index (χ0v) is 20.0. The molecule has 2 aliphatic rings. The third kappa shape index (κ3) is 4.57. The quantitative estimate of drug-likeness (QED) is 0.517. The first-order valence-electron chi connectivity index (χ1n) is 11.9. The average molecular weight is 427 g/mol. The molecule has 1 aliphatic heterocycles. The summed E-state index contributed by atoms with van der Waals surface area (Å²) < 4.78 is 5.39. The molecule has 0 amide bonds. The van der Waals surface area contributed by atoms with E-state index in [1.807, 2.05) is 0 Å². The lowest BCUT2D eigenvalue weighted by atomic mass is 9.85. The van der Waals surface area contributed by atoms with Gasteiger partial charge in [0, 0.05) is 11.6 Å². The predicted molar refractivity (Wildman–Crippen MR) is 127 cm³/mol. The summed E-state index contributed by atoms with van der Waals surface area (Å²) in [6.07, 6.45) is 9.04. The fourth-order valence-corrected chi connectivity index (χ4v) is 5.42. The molecule has 0 radical (unpaired) electrons. The first-order chi connectivity index (χ1) is 14.3. The van der Waals surface area contributed by atoms with E-state index >= 15 is 0 Å². The third-order valence-electron chi connectivity index (χ3n) is 7.06. The molecule has 2 fully saturated rings. The minimum atomic E-state index is 0.156. The highest BCUT2D eigenvalue weighted by Crippen LogP contribution is 2.37. The van der Waals surface area contributed by atoms with Crippen molar-refractivity contribution in [1.82, 2.24) is 19.2 Å². The number of rotatable bonds is 4. The van der Waals surface area contributed by atoms with Crippen LogP contribution in [0.25, 0.3) is 11.4 Å². The van der Waals surface area contributed by atoms with Gasteiger partial charge in [-0.25, -0.2) is 4.68 Å². The molecule has 5 heteroatoms. The van der Waals surface area contributed by atoms with E-state index in [1.54, 1.807) is 0 Å². The second-order valence-electron chi connectivity index (χ2n) is 10.5. The zero-order valence-electron chi connectivity index (χ0n) is 19.2. The van der Waals surface area contributed by atoms with Gasteiger partial charge in [0.25, 0.3) is 0 Å². The Labute approximate surface area is 187 Å². The Morgan fingerprint density at radius 1 is 0.967 bits per heavy atom. The number of nitrogens with zero attached hydrogens (tertiary/aromatic N) is 4. The van der Waals surface area contributed by atoms with Gasteiger partial charge in [-0.3, -0.25) is 9.47 Å². The summed E-state index contributed by atoms with van der Waals surface area (Å²) >= 11 is 6.04. The van der Waals surface area contributed by atoms with Crippen LogP contribution in [-0.2, 0) is 12.1 Å². The smallest absolute Gasteiger partial charge is 0.199 e. The maximum Gasteiger partial charge on any atom is 0.199 e. The molecule has 0 unspecified atom stereocenters. The number of hydrogen-bond donors (Lipinski definition) is 0. The van der Waals surface area contributed by atoms with Crippen LogP contribution in [0.4, 0.5) is 0 Å². The van der Waals surface area contributed by atoms with E-state index < -0.39 is 0 Å². The van der Waals surface area contributed by atoms with E-state index in [0.29, 0.717) is 12.0 Å². The fraction of sp³-hybridized carbons (Fsp3) is 0.680. The average Bonchev–Trinajstić information content (AvgIpc) is 3.05. The van der Waals surface area contributed by atoms with Gasteiger partial charge in [0.15, 0.2) is 10.6 Å². The Morgan fingerprint density at radius 3 is 2.27 bits per heavy atom. The van der Waals surface area contributed by atoms with Crippen molar-refractivity contribution in [3.8, 4) is 11.4 Å². The number of likely N-dealkylation sites (tertiary alicyclic amines) is 1. The van der Waals surface area contributed by atoms with Crippen LogP contribution < -0.4 is 0 Å². The van der Waals surface area contributed by atoms with Crippen LogP contribution in [0.2, 0.25) is 0 Å². The summed E-state index contributed by atoms with van der Waals surface area (Å²) in [7, 11) is 0. The summed E-state index contributed by atoms with van der Waals surface area (Å²) in [5, 5.41) is 5.11. The molecule has 2 aromatic rings. The molecular formula is C25H38N4S. The van der Waals surface area contributed by atoms with Gasteiger partial charge < -0.3 is 0 Å². The molecule has 4 rings (SSSR count). The monoisotopic (exact) mass is 426 g/mol. The molecule has 4 nitrogen and oxygen atoms in total. The molecular weight excluding hydrogens is 388 g/mol. The number of aromatic nitrogens is 3. The van der Waals surface area contributed by atoms with E-state index in [4.69, 9.17) is 17.3 Å². The molecule has 1 aromatic carbocycles. The minimum Gasteiger partial charge on any atom is -0.297 e. The third-order valence-corrected chi connectivity index (χ3v) is 7.47. The molecule has 2 heterocycles. The van der Waals surface area contributed by atoms with Crippen molar-refractivity contribution in [1.29, 1.82) is 0 Å². The van der Waals surface area contributed by atoms with Gasteiger partial charge in [-0.15, -0.1) is 0 Å². The summed E-state index contributed by atoms with van der Waals surface area (Å²) in [5.74, 6) is 1.70. The van der Waals surface area contributed by atoms with Crippen LogP contribution in [-0.4, -0.2) is 32.3 Å². The Bertz CT molecular complexity index is 897. The van der Waals surface area contributed by atoms with Gasteiger partial charge in [0.1, 0.15) is 0 Å². The van der Waals surface area contributed by atoms with Crippen LogP contribution in [0, 0.1) is 10.7 Å². The standard InChI is InChI=1S/C25H38N4S/c1-19-10-6-7-11-22(19)29-23(20-12-14-21(15-13-20)25(2,3)4)26-28(24(29)30)18-27-16-8-5-9-17-27/h12-15,19,22H,5-11,16-18H2,1-4H3/t19-,22+/m0/s1. The maximum atomic E-state index is 6.04. The second-order valence-corrected chi connectivity index (χ2v) is 10.8. The number of hydrogen-bond acceptors (Lipinski definition) is 3. The Balaban J connectivity index is 1.73. The molecule has 1 aromatic heterocycles. The van der Waals surface area contributed by atoms with Crippen molar-refractivity contribution in [3.05, 3.63) is 34.6 Å². The molecule has 1 aliphatic carbocycles. The maximum absolute atomic E-state index is 6.04. The van der Waals surface area contributed by atoms with Crippen LogP contribution in [0.5, 0.6) is 0 Å². The lowest BCUT2D eigenvalue weighted by Gasteiger charge is -2.30. The largest absolute Gasteiger partial charge is 0.297 e. The first-order valence-corrected chi connectivity index (χ1v) is 12.3. The molecule has 1 saturated heterocycles. The lowest BCUT2D eigenvalue weighted by Crippen LogP contribution is -2.32. The highest BCUT2D eigenvalue weighted by atomic mass is 32.1. The molecule has 30 heavy (non-hydrogen) atoms. The second kappa shape index (κ2) is 8.96. The molecule has 0 N–H and O–H groups in total. The highest BCUT2D eigenvalue weighted by molar-refractivity contribution is 7.71. The SMILES string of the molecule is C[C@H]1CCCC[C@H]1n1c(-c2ccc(C(C)(C)C)cc2)nn(CN2CCCCC2)c1=S. The normalized spacial score (nSPS) is 23.6. The summed E-state index contributed by atoms with van der Waals surface area (Å²) in [4.78, 5) is 2.51. The van der Waals surface area contributed by atoms with Crippen molar-refractivity contribution < 1.29 is 0 Å². The van der Waals surface area contributed by atoms with Crippen LogP contribution in [0.3, 0.4) is 0 Å². The first kappa shape index (κ1) is 21.8. The molecule has 0 spiro atoms. The predicted octanol–water partition coefficient (Wildman–Crippen LogP) is 6.57. The Hall–Kier alpha value is -1.46. The van der Waals surface area contributed by atoms with Gasteiger partial charge in [-0.1, -0.05) is 71.2 Å². The van der Waals surface area contributed by atoms with Gasteiger partial charge in [0.05, 0.1) is 6.67 Å². The molecule has 2 atom stereocenters. The van der Waals surface area contributed by atoms with E-state index in [2.05, 4.69) is 66.1 Å². The summed E-state index contributed by atoms with van der Waals surface area (Å²) in [6.45, 7) is 12.3. The van der Waals surface area contributed by atoms with Crippen molar-refractivity contribution >= 4 is 12.2 Å². The Morgan fingerprint density at radius 2 is 1.63 bits per heavy atom. The van der Waals surface area contributed by atoms with E-state index in [9.17, 15) is 0 Å². The number of piperidine rings is 1. The highest BCUT2D eigenvalue weighted by Gasteiger charge is 2.28. The van der Waals surface area contributed by atoms with E-state index in [-0.39, 0.29) is 5.41 Å². The summed E-state index contributed by atoms with van der Waals surface area (Å²) in [6, 6.07) is 9.46. The molecule has 164 valence electrons. The Kier molecular flexibility index (Phi) is 6.50.